The monoisotopic (exact) mass is 390 g/mol. The maximum atomic E-state index is 11.4. The fourth-order valence-corrected chi connectivity index (χ4v) is 2.17. The molecule has 2 aromatic carbocycles. The Morgan fingerprint density at radius 2 is 2.07 bits per heavy atom. The van der Waals surface area contributed by atoms with Gasteiger partial charge < -0.3 is 0 Å². The van der Waals surface area contributed by atoms with E-state index in [-0.39, 0.29) is 32.2 Å². The van der Waals surface area contributed by atoms with Gasteiger partial charge in [0, 0.05) is 0 Å². The van der Waals surface area contributed by atoms with Crippen molar-refractivity contribution in [2.75, 3.05) is 0 Å². The Hall–Kier alpha value is -0.908. The molecule has 2 rings (SSSR count). The molecule has 0 atom stereocenters. The van der Waals surface area contributed by atoms with Gasteiger partial charge in [-0.1, -0.05) is 0 Å². The summed E-state index contributed by atoms with van der Waals surface area (Å²) in [5.41, 5.74) is 1.86. The van der Waals surface area contributed by atoms with Gasteiger partial charge >= 0.3 is 105 Å². The molecule has 0 spiro atoms. The van der Waals surface area contributed by atoms with Crippen molar-refractivity contribution < 1.29 is 7.48 Å². The van der Waals surface area contributed by atoms with Crippen LogP contribution in [-0.2, 0) is 2.69 Å². The minimum atomic E-state index is -0.219. The van der Waals surface area contributed by atoms with Gasteiger partial charge in [0.2, 0.25) is 0 Å². The third-order valence-corrected chi connectivity index (χ3v) is 3.27. The van der Waals surface area contributed by atoms with Crippen molar-refractivity contribution in [1.29, 1.82) is 0 Å². The van der Waals surface area contributed by atoms with E-state index in [1.807, 2.05) is 30.3 Å². The molecule has 2 aromatic rings. The first-order chi connectivity index (χ1) is 7.22. The standard InChI is InChI=1S/C12H10O2.Tl/c1-8-3-2-4-9-7-10(12(13)14)5-6-11(8)9;/h2-7H,1H3,(H,13,14);/q;+1/p-1. The molecule has 15 heavy (non-hydrogen) atoms. The molecule has 0 unspecified atom stereocenters. The second-order valence-electron chi connectivity index (χ2n) is 3.42. The molecule has 0 radical (unpaired) electrons. The molecule has 0 saturated heterocycles. The molecular formula is C12H9O2Tl. The van der Waals surface area contributed by atoms with Gasteiger partial charge in [0.1, 0.15) is 0 Å². The van der Waals surface area contributed by atoms with Crippen LogP contribution < -0.4 is 0 Å². The Kier molecular flexibility index (Phi) is 3.04. The molecule has 0 saturated carbocycles. The Labute approximate surface area is 105 Å². The fourth-order valence-electron chi connectivity index (χ4n) is 1.64. The van der Waals surface area contributed by atoms with E-state index < -0.39 is 0 Å². The summed E-state index contributed by atoms with van der Waals surface area (Å²) in [5, 5.41) is 2.27. The summed E-state index contributed by atoms with van der Waals surface area (Å²) in [4.78, 5) is 11.4. The molecule has 0 N–H and O–H groups in total. The normalized spacial score (nSPS) is 10.1. The van der Waals surface area contributed by atoms with Gasteiger partial charge in [-0.25, -0.2) is 0 Å². The summed E-state index contributed by atoms with van der Waals surface area (Å²) in [6.45, 7) is 2.06. The Bertz CT molecular complexity index is 520. The number of hydrogen-bond donors (Lipinski definition) is 0. The summed E-state index contributed by atoms with van der Waals surface area (Å²) >= 11 is 0.246. The number of rotatable bonds is 1. The molecule has 0 aliphatic rings. The zero-order valence-corrected chi connectivity index (χ0v) is 12.8. The summed E-state index contributed by atoms with van der Waals surface area (Å²) < 4.78 is 4.84. The summed E-state index contributed by atoms with van der Waals surface area (Å²) in [6, 6.07) is 11.7. The van der Waals surface area contributed by atoms with Crippen LogP contribution >= 0.6 is 0 Å². The van der Waals surface area contributed by atoms with Crippen LogP contribution in [0.5, 0.6) is 0 Å². The van der Waals surface area contributed by atoms with Gasteiger partial charge in [0.15, 0.2) is 0 Å². The van der Waals surface area contributed by atoms with Gasteiger partial charge in [-0.2, -0.15) is 0 Å². The number of fused-ring (bicyclic) bond motifs is 1. The Balaban J connectivity index is 2.62. The predicted octanol–water partition coefficient (Wildman–Crippen LogP) is 2.39. The minimum absolute atomic E-state index is 0.219. The van der Waals surface area contributed by atoms with Crippen LogP contribution in [0.4, 0.5) is 0 Å². The number of benzene rings is 2. The average Bonchev–Trinajstić information content (AvgIpc) is 2.28. The second-order valence-corrected chi connectivity index (χ2v) is 4.33. The number of carbonyl (C=O) groups is 1. The van der Waals surface area contributed by atoms with Crippen LogP contribution in [-0.4, -0.2) is 32.2 Å². The molecule has 0 amide bonds. The average molecular weight is 390 g/mol. The number of carbonyl (C=O) groups excluding carboxylic acids is 1. The first-order valence-electron chi connectivity index (χ1n) is 4.63. The van der Waals surface area contributed by atoms with Crippen LogP contribution in [0.1, 0.15) is 15.9 Å². The molecular weight excluding hydrogens is 381 g/mol. The van der Waals surface area contributed by atoms with Crippen molar-refractivity contribution in [3.8, 4) is 0 Å². The van der Waals surface area contributed by atoms with Gasteiger partial charge in [-0.05, 0) is 0 Å². The molecule has 0 aromatic heterocycles. The van der Waals surface area contributed by atoms with E-state index in [2.05, 4.69) is 13.0 Å². The third kappa shape index (κ3) is 2.04. The SMILES string of the molecule is Cc1cccc2cc(C(=O)[O][Tl])ccc12. The number of aryl methyl sites for hydroxylation is 1. The second kappa shape index (κ2) is 4.30. The molecule has 3 heteroatoms. The van der Waals surface area contributed by atoms with Crippen LogP contribution in [0.3, 0.4) is 0 Å². The van der Waals surface area contributed by atoms with Gasteiger partial charge in [-0.3, -0.25) is 0 Å². The van der Waals surface area contributed by atoms with Gasteiger partial charge in [-0.15, -0.1) is 0 Å². The molecule has 0 fully saturated rings. The van der Waals surface area contributed by atoms with E-state index in [4.69, 9.17) is 2.69 Å². The van der Waals surface area contributed by atoms with Crippen LogP contribution in [0.25, 0.3) is 10.8 Å². The molecule has 0 bridgehead atoms. The first-order valence-corrected chi connectivity index (χ1v) is 6.46. The number of hydrogen-bond acceptors (Lipinski definition) is 2. The summed E-state index contributed by atoms with van der Waals surface area (Å²) in [5.74, 6) is -0.219. The van der Waals surface area contributed by atoms with Crippen molar-refractivity contribution in [2.24, 2.45) is 0 Å². The van der Waals surface area contributed by atoms with E-state index in [0.717, 1.165) is 5.39 Å². The molecule has 72 valence electrons. The van der Waals surface area contributed by atoms with E-state index in [1.54, 1.807) is 0 Å². The quantitative estimate of drug-likeness (QED) is 0.700. The topological polar surface area (TPSA) is 26.3 Å². The van der Waals surface area contributed by atoms with Gasteiger partial charge in [0.25, 0.3) is 0 Å². The zero-order chi connectivity index (χ0) is 10.8. The van der Waals surface area contributed by atoms with Crippen LogP contribution in [0.2, 0.25) is 0 Å². The first kappa shape index (κ1) is 10.6. The zero-order valence-electron chi connectivity index (χ0n) is 8.36. The van der Waals surface area contributed by atoms with E-state index in [0.29, 0.717) is 5.56 Å². The van der Waals surface area contributed by atoms with Crippen molar-refractivity contribution in [3.63, 3.8) is 0 Å². The van der Waals surface area contributed by atoms with Crippen molar-refractivity contribution in [1.82, 2.24) is 0 Å². The van der Waals surface area contributed by atoms with Crippen LogP contribution in [0, 0.1) is 6.92 Å². The Morgan fingerprint density at radius 1 is 1.27 bits per heavy atom. The third-order valence-electron chi connectivity index (χ3n) is 2.44. The molecule has 0 aliphatic carbocycles. The summed E-state index contributed by atoms with van der Waals surface area (Å²) in [7, 11) is 0. The van der Waals surface area contributed by atoms with Crippen LogP contribution in [0.15, 0.2) is 36.4 Å². The molecule has 0 heterocycles. The maximum absolute atomic E-state index is 11.4. The fraction of sp³-hybridized carbons (Fsp3) is 0.0833. The van der Waals surface area contributed by atoms with E-state index >= 15 is 0 Å². The van der Waals surface area contributed by atoms with E-state index in [9.17, 15) is 4.79 Å². The van der Waals surface area contributed by atoms with Crippen molar-refractivity contribution in [2.45, 2.75) is 6.92 Å². The van der Waals surface area contributed by atoms with Crippen molar-refractivity contribution in [3.05, 3.63) is 47.5 Å². The van der Waals surface area contributed by atoms with Gasteiger partial charge in [0.05, 0.1) is 0 Å². The summed E-state index contributed by atoms with van der Waals surface area (Å²) in [6.07, 6.45) is 0. The molecule has 2 nitrogen and oxygen atoms in total. The van der Waals surface area contributed by atoms with Crippen molar-refractivity contribution >= 4 is 43.0 Å². The molecule has 0 aliphatic heterocycles. The predicted molar refractivity (Wildman–Crippen MR) is 59.9 cm³/mol. The van der Waals surface area contributed by atoms with E-state index in [1.165, 1.54) is 10.9 Å². The Morgan fingerprint density at radius 3 is 2.80 bits per heavy atom.